The van der Waals surface area contributed by atoms with Crippen LogP contribution in [-0.4, -0.2) is 44.9 Å². The monoisotopic (exact) mass is 336 g/mol. The van der Waals surface area contributed by atoms with Gasteiger partial charge < -0.3 is 10.2 Å². The fourth-order valence-corrected chi connectivity index (χ4v) is 4.57. The number of nitrogens with zero attached hydrogens (tertiary/aromatic N) is 3. The van der Waals surface area contributed by atoms with Crippen molar-refractivity contribution in [3.63, 3.8) is 0 Å². The van der Waals surface area contributed by atoms with Gasteiger partial charge in [0.25, 0.3) is 5.91 Å². The number of alkyl halides is 1. The van der Waals surface area contributed by atoms with Crippen LogP contribution in [0.5, 0.6) is 0 Å². The third kappa shape index (κ3) is 2.50. The number of halogens is 1. The van der Waals surface area contributed by atoms with Crippen molar-refractivity contribution >= 4 is 11.7 Å². The van der Waals surface area contributed by atoms with Gasteiger partial charge in [-0.05, 0) is 40.0 Å². The first kappa shape index (κ1) is 17.2. The summed E-state index contributed by atoms with van der Waals surface area (Å²) >= 11 is 0. The molecule has 1 N–H and O–H groups in total. The summed E-state index contributed by atoms with van der Waals surface area (Å²) in [6.45, 7) is 10.6. The number of hydrogen-bond donors (Lipinski definition) is 1. The van der Waals surface area contributed by atoms with Crippen molar-refractivity contribution in [3.05, 3.63) is 11.8 Å². The van der Waals surface area contributed by atoms with Crippen LogP contribution in [0, 0.1) is 0 Å². The van der Waals surface area contributed by atoms with Gasteiger partial charge in [0.2, 0.25) is 0 Å². The van der Waals surface area contributed by atoms with Crippen LogP contribution in [0.15, 0.2) is 6.20 Å². The van der Waals surface area contributed by atoms with Gasteiger partial charge in [0, 0.05) is 18.0 Å². The van der Waals surface area contributed by atoms with Crippen LogP contribution >= 0.6 is 0 Å². The quantitative estimate of drug-likeness (QED) is 0.918. The third-order valence-electron chi connectivity index (χ3n) is 5.88. The van der Waals surface area contributed by atoms with E-state index in [1.54, 1.807) is 11.1 Å². The minimum absolute atomic E-state index is 0.0995. The highest BCUT2D eigenvalue weighted by atomic mass is 19.1. The van der Waals surface area contributed by atoms with Crippen LogP contribution in [0.2, 0.25) is 0 Å². The predicted molar refractivity (Wildman–Crippen MR) is 93.1 cm³/mol. The number of amides is 1. The minimum atomic E-state index is -0.941. The minimum Gasteiger partial charge on any atom is -0.367 e. The number of likely N-dealkylation sites (tertiary alicyclic amines) is 1. The number of fused-ring (bicyclic) bond motifs is 1. The maximum Gasteiger partial charge on any atom is 0.259 e. The number of aromatic nitrogens is 2. The average Bonchev–Trinajstić information content (AvgIpc) is 3.07. The standard InChI is InChI=1S/C18H29FN4O/c1-6-18(7-2)9-13(19)11-22(18)16(24)14-10-20-23-15(14)21-12(3)8-17(23,4)5/h10,12-13,21H,6-9,11H2,1-5H3/t12-,13?/m0/s1. The molecule has 1 aromatic heterocycles. The van der Waals surface area contributed by atoms with Crippen LogP contribution < -0.4 is 5.32 Å². The SMILES string of the molecule is CCC1(CC)CC(F)CN1C(=O)c1cnn2c1N[C@@H](C)CC2(C)C. The van der Waals surface area contributed by atoms with E-state index in [4.69, 9.17) is 0 Å². The van der Waals surface area contributed by atoms with Crippen LogP contribution in [0.1, 0.15) is 70.7 Å². The second-order valence-corrected chi connectivity index (χ2v) is 8.03. The molecular formula is C18H29FN4O. The van der Waals surface area contributed by atoms with E-state index >= 15 is 0 Å². The molecule has 0 spiro atoms. The average molecular weight is 336 g/mol. The van der Waals surface area contributed by atoms with Crippen molar-refractivity contribution in [1.82, 2.24) is 14.7 Å². The first-order chi connectivity index (χ1) is 11.2. The molecule has 24 heavy (non-hydrogen) atoms. The molecule has 0 radical (unpaired) electrons. The molecule has 2 aliphatic heterocycles. The predicted octanol–water partition coefficient (Wildman–Crippen LogP) is 3.57. The summed E-state index contributed by atoms with van der Waals surface area (Å²) in [5.74, 6) is 0.671. The molecule has 0 bridgehead atoms. The third-order valence-corrected chi connectivity index (χ3v) is 5.88. The highest BCUT2D eigenvalue weighted by molar-refractivity contribution is 5.99. The van der Waals surface area contributed by atoms with Crippen molar-refractivity contribution in [2.75, 3.05) is 11.9 Å². The van der Waals surface area contributed by atoms with Gasteiger partial charge >= 0.3 is 0 Å². The van der Waals surface area contributed by atoms with E-state index in [1.807, 2.05) is 18.5 Å². The molecule has 1 aromatic rings. The molecular weight excluding hydrogens is 307 g/mol. The Morgan fingerprint density at radius 3 is 2.67 bits per heavy atom. The molecule has 0 aromatic carbocycles. The molecule has 1 amide bonds. The smallest absolute Gasteiger partial charge is 0.259 e. The van der Waals surface area contributed by atoms with Crippen LogP contribution in [0.3, 0.4) is 0 Å². The van der Waals surface area contributed by atoms with E-state index < -0.39 is 6.17 Å². The molecule has 6 heteroatoms. The van der Waals surface area contributed by atoms with Gasteiger partial charge in [-0.1, -0.05) is 13.8 Å². The Balaban J connectivity index is 1.99. The number of hydrogen-bond acceptors (Lipinski definition) is 3. The first-order valence-electron chi connectivity index (χ1n) is 9.05. The van der Waals surface area contributed by atoms with Gasteiger partial charge in [0.1, 0.15) is 17.6 Å². The lowest BCUT2D eigenvalue weighted by Gasteiger charge is -2.38. The number of carbonyl (C=O) groups is 1. The molecule has 2 aliphatic rings. The Labute approximate surface area is 143 Å². The van der Waals surface area contributed by atoms with Crippen LogP contribution in [0.25, 0.3) is 0 Å². The molecule has 3 heterocycles. The van der Waals surface area contributed by atoms with E-state index in [0.29, 0.717) is 12.0 Å². The van der Waals surface area contributed by atoms with Crippen molar-refractivity contribution in [1.29, 1.82) is 0 Å². The first-order valence-corrected chi connectivity index (χ1v) is 9.05. The Morgan fingerprint density at radius 2 is 2.04 bits per heavy atom. The summed E-state index contributed by atoms with van der Waals surface area (Å²) in [6, 6.07) is 0.269. The molecule has 134 valence electrons. The lowest BCUT2D eigenvalue weighted by Crippen LogP contribution is -2.47. The largest absolute Gasteiger partial charge is 0.367 e. The van der Waals surface area contributed by atoms with Crippen molar-refractivity contribution in [3.8, 4) is 0 Å². The Morgan fingerprint density at radius 1 is 1.38 bits per heavy atom. The summed E-state index contributed by atoms with van der Waals surface area (Å²) < 4.78 is 16.0. The van der Waals surface area contributed by atoms with Gasteiger partial charge in [-0.25, -0.2) is 9.07 Å². The summed E-state index contributed by atoms with van der Waals surface area (Å²) in [5.41, 5.74) is 0.0508. The maximum atomic E-state index is 14.1. The molecule has 0 saturated carbocycles. The van der Waals surface area contributed by atoms with Gasteiger partial charge in [-0.3, -0.25) is 4.79 Å². The van der Waals surface area contributed by atoms with E-state index in [2.05, 4.69) is 31.2 Å². The maximum absolute atomic E-state index is 14.1. The summed E-state index contributed by atoms with van der Waals surface area (Å²) in [6.07, 6.45) is 3.63. The molecule has 3 rings (SSSR count). The summed E-state index contributed by atoms with van der Waals surface area (Å²) in [7, 11) is 0. The van der Waals surface area contributed by atoms with Gasteiger partial charge in [0.05, 0.1) is 18.3 Å². The fraction of sp³-hybridized carbons (Fsp3) is 0.778. The summed E-state index contributed by atoms with van der Waals surface area (Å²) in [5, 5.41) is 7.87. The number of carbonyl (C=O) groups excluding carboxylic acids is 1. The Kier molecular flexibility index (Phi) is 4.12. The second-order valence-electron chi connectivity index (χ2n) is 8.03. The van der Waals surface area contributed by atoms with Crippen LogP contribution in [0.4, 0.5) is 10.2 Å². The molecule has 1 fully saturated rings. The van der Waals surface area contributed by atoms with Crippen molar-refractivity contribution < 1.29 is 9.18 Å². The number of nitrogens with one attached hydrogen (secondary N) is 1. The molecule has 5 nitrogen and oxygen atoms in total. The van der Waals surface area contributed by atoms with E-state index in [-0.39, 0.29) is 29.6 Å². The van der Waals surface area contributed by atoms with Gasteiger partial charge in [-0.15, -0.1) is 0 Å². The molecule has 2 atom stereocenters. The summed E-state index contributed by atoms with van der Waals surface area (Å²) in [4.78, 5) is 15.0. The van der Waals surface area contributed by atoms with E-state index in [9.17, 15) is 9.18 Å². The van der Waals surface area contributed by atoms with Crippen molar-refractivity contribution in [2.45, 2.75) is 83.6 Å². The normalized spacial score (nSPS) is 27.7. The highest BCUT2D eigenvalue weighted by Gasteiger charge is 2.47. The fourth-order valence-electron chi connectivity index (χ4n) is 4.57. The molecule has 0 aliphatic carbocycles. The van der Waals surface area contributed by atoms with E-state index in [1.165, 1.54) is 0 Å². The Bertz CT molecular complexity index is 635. The lowest BCUT2D eigenvalue weighted by atomic mass is 9.89. The zero-order valence-electron chi connectivity index (χ0n) is 15.4. The zero-order chi connectivity index (χ0) is 17.7. The highest BCUT2D eigenvalue weighted by Crippen LogP contribution is 2.40. The lowest BCUT2D eigenvalue weighted by molar-refractivity contribution is 0.0573. The van der Waals surface area contributed by atoms with Gasteiger partial charge in [0.15, 0.2) is 0 Å². The van der Waals surface area contributed by atoms with Crippen molar-refractivity contribution in [2.24, 2.45) is 0 Å². The Hall–Kier alpha value is -1.59. The molecule has 1 saturated heterocycles. The van der Waals surface area contributed by atoms with E-state index in [0.717, 1.165) is 25.1 Å². The number of rotatable bonds is 3. The van der Waals surface area contributed by atoms with Crippen LogP contribution in [-0.2, 0) is 5.54 Å². The zero-order valence-corrected chi connectivity index (χ0v) is 15.4. The molecule has 1 unspecified atom stereocenters. The second kappa shape index (κ2) is 5.74. The van der Waals surface area contributed by atoms with Gasteiger partial charge in [-0.2, -0.15) is 5.10 Å². The number of anilines is 1. The topological polar surface area (TPSA) is 50.2 Å².